The highest BCUT2D eigenvalue weighted by Crippen LogP contribution is 2.33. The second-order valence-corrected chi connectivity index (χ2v) is 8.45. The molecule has 4 rings (SSSR count). The number of hydrogen-bond acceptors (Lipinski definition) is 6. The molecule has 1 unspecified atom stereocenters. The van der Waals surface area contributed by atoms with Gasteiger partial charge in [0.05, 0.1) is 32.9 Å². The standard InChI is InChI=1S/C28H27F2N3O4/c1-17-4-6-18(7-5-17)26-24(16-33(32-26)10-11-34)28(35)27(23-9-8-19(29)12-25(23)30)31-20-13-21(36-2)15-22(14-20)37-3/h4-9,12-16,27,31,34H,10-11H2,1-3H3. The largest absolute Gasteiger partial charge is 0.497 e. The Morgan fingerprint density at radius 3 is 2.30 bits per heavy atom. The summed E-state index contributed by atoms with van der Waals surface area (Å²) in [7, 11) is 2.98. The van der Waals surface area contributed by atoms with Gasteiger partial charge in [-0.25, -0.2) is 8.78 Å². The van der Waals surface area contributed by atoms with Gasteiger partial charge in [-0.3, -0.25) is 9.48 Å². The number of ether oxygens (including phenoxy) is 2. The molecule has 0 radical (unpaired) electrons. The number of anilines is 1. The average molecular weight is 508 g/mol. The molecule has 0 spiro atoms. The van der Waals surface area contributed by atoms with Gasteiger partial charge in [-0.2, -0.15) is 5.10 Å². The lowest BCUT2D eigenvalue weighted by Gasteiger charge is -2.21. The summed E-state index contributed by atoms with van der Waals surface area (Å²) in [5.41, 5.74) is 2.71. The number of nitrogens with zero attached hydrogens (tertiary/aromatic N) is 2. The Balaban J connectivity index is 1.84. The quantitative estimate of drug-likeness (QED) is 0.288. The summed E-state index contributed by atoms with van der Waals surface area (Å²) in [4.78, 5) is 14.1. The number of benzene rings is 3. The second-order valence-electron chi connectivity index (χ2n) is 8.45. The van der Waals surface area contributed by atoms with Gasteiger partial charge in [0.2, 0.25) is 0 Å². The Bertz CT molecular complexity index is 1380. The smallest absolute Gasteiger partial charge is 0.193 e. The summed E-state index contributed by atoms with van der Waals surface area (Å²) in [6.07, 6.45) is 1.52. The van der Waals surface area contributed by atoms with Crippen molar-refractivity contribution in [2.24, 2.45) is 0 Å². The number of aryl methyl sites for hydroxylation is 1. The van der Waals surface area contributed by atoms with E-state index in [1.807, 2.05) is 31.2 Å². The number of halogens is 2. The number of Topliss-reactive ketones (excluding diaryl/α,β-unsaturated/α-hetero) is 1. The Morgan fingerprint density at radius 1 is 1.03 bits per heavy atom. The number of methoxy groups -OCH3 is 2. The first-order chi connectivity index (χ1) is 17.8. The van der Waals surface area contributed by atoms with E-state index in [-0.39, 0.29) is 24.3 Å². The van der Waals surface area contributed by atoms with Gasteiger partial charge in [0.25, 0.3) is 0 Å². The molecule has 0 bridgehead atoms. The number of hydrogen-bond donors (Lipinski definition) is 2. The lowest BCUT2D eigenvalue weighted by Crippen LogP contribution is -2.23. The third-order valence-corrected chi connectivity index (χ3v) is 5.88. The molecule has 9 heteroatoms. The van der Waals surface area contributed by atoms with Crippen LogP contribution in [-0.4, -0.2) is 41.5 Å². The Kier molecular flexibility index (Phi) is 7.83. The zero-order valence-corrected chi connectivity index (χ0v) is 20.7. The van der Waals surface area contributed by atoms with Crippen molar-refractivity contribution in [1.82, 2.24) is 9.78 Å². The summed E-state index contributed by atoms with van der Waals surface area (Å²) < 4.78 is 40.9. The van der Waals surface area contributed by atoms with Crippen LogP contribution >= 0.6 is 0 Å². The highest BCUT2D eigenvalue weighted by Gasteiger charge is 2.29. The van der Waals surface area contributed by atoms with E-state index < -0.39 is 23.5 Å². The lowest BCUT2D eigenvalue weighted by atomic mass is 9.94. The van der Waals surface area contributed by atoms with Crippen LogP contribution in [-0.2, 0) is 6.54 Å². The molecule has 7 nitrogen and oxygen atoms in total. The molecular weight excluding hydrogens is 480 g/mol. The van der Waals surface area contributed by atoms with Crippen molar-refractivity contribution >= 4 is 11.5 Å². The maximum absolute atomic E-state index is 15.0. The van der Waals surface area contributed by atoms with Crippen molar-refractivity contribution in [3.8, 4) is 22.8 Å². The third kappa shape index (κ3) is 5.78. The molecule has 0 fully saturated rings. The minimum atomic E-state index is -1.24. The van der Waals surface area contributed by atoms with Crippen molar-refractivity contribution in [2.45, 2.75) is 19.5 Å². The number of nitrogens with one attached hydrogen (secondary N) is 1. The highest BCUT2D eigenvalue weighted by molar-refractivity contribution is 6.06. The van der Waals surface area contributed by atoms with Crippen LogP contribution < -0.4 is 14.8 Å². The number of carbonyl (C=O) groups excluding carboxylic acids is 1. The number of aromatic nitrogens is 2. The van der Waals surface area contributed by atoms with Crippen molar-refractivity contribution < 1.29 is 28.2 Å². The van der Waals surface area contributed by atoms with E-state index in [9.17, 15) is 14.3 Å². The van der Waals surface area contributed by atoms with Gasteiger partial charge in [-0.05, 0) is 13.0 Å². The fourth-order valence-corrected chi connectivity index (χ4v) is 3.98. The molecule has 1 atom stereocenters. The molecule has 192 valence electrons. The predicted octanol–water partition coefficient (Wildman–Crippen LogP) is 5.18. The normalized spacial score (nSPS) is 11.7. The van der Waals surface area contributed by atoms with Crippen LogP contribution in [0, 0.1) is 18.6 Å². The molecule has 0 aliphatic carbocycles. The Labute approximate surface area is 213 Å². The van der Waals surface area contributed by atoms with Gasteiger partial charge in [0.15, 0.2) is 5.78 Å². The van der Waals surface area contributed by atoms with E-state index in [1.54, 1.807) is 18.2 Å². The molecule has 0 aliphatic rings. The Hall–Kier alpha value is -4.24. The fourth-order valence-electron chi connectivity index (χ4n) is 3.98. The molecule has 0 amide bonds. The first kappa shape index (κ1) is 25.8. The van der Waals surface area contributed by atoms with Gasteiger partial charge in [-0.1, -0.05) is 35.9 Å². The van der Waals surface area contributed by atoms with Gasteiger partial charge in [0.1, 0.15) is 34.9 Å². The molecule has 0 saturated carbocycles. The van der Waals surface area contributed by atoms with Crippen LogP contribution in [0.3, 0.4) is 0 Å². The molecular formula is C28H27F2N3O4. The highest BCUT2D eigenvalue weighted by atomic mass is 19.1. The third-order valence-electron chi connectivity index (χ3n) is 5.88. The van der Waals surface area contributed by atoms with E-state index in [0.717, 1.165) is 17.7 Å². The van der Waals surface area contributed by atoms with E-state index >= 15 is 4.39 Å². The fraction of sp³-hybridized carbons (Fsp3) is 0.214. The van der Waals surface area contributed by atoms with Gasteiger partial charge >= 0.3 is 0 Å². The van der Waals surface area contributed by atoms with E-state index in [1.165, 1.54) is 31.2 Å². The van der Waals surface area contributed by atoms with Crippen LogP contribution in [0.25, 0.3) is 11.3 Å². The van der Waals surface area contributed by atoms with Crippen LogP contribution in [0.2, 0.25) is 0 Å². The monoisotopic (exact) mass is 507 g/mol. The minimum Gasteiger partial charge on any atom is -0.497 e. The SMILES string of the molecule is COc1cc(NC(C(=O)c2cn(CCO)nc2-c2ccc(C)cc2)c2ccc(F)cc2F)cc(OC)c1. The molecule has 1 heterocycles. The average Bonchev–Trinajstić information content (AvgIpc) is 3.31. The van der Waals surface area contributed by atoms with Crippen molar-refractivity contribution in [1.29, 1.82) is 0 Å². The summed E-state index contributed by atoms with van der Waals surface area (Å²) >= 11 is 0. The van der Waals surface area contributed by atoms with Crippen molar-refractivity contribution in [3.63, 3.8) is 0 Å². The van der Waals surface area contributed by atoms with Crippen LogP contribution in [0.4, 0.5) is 14.5 Å². The zero-order chi connectivity index (χ0) is 26.5. The number of aliphatic hydroxyl groups excluding tert-OH is 1. The van der Waals surface area contributed by atoms with Crippen molar-refractivity contribution in [2.75, 3.05) is 26.1 Å². The van der Waals surface area contributed by atoms with Gasteiger partial charge in [-0.15, -0.1) is 0 Å². The number of ketones is 1. The maximum atomic E-state index is 15.0. The zero-order valence-electron chi connectivity index (χ0n) is 20.7. The molecule has 1 aromatic heterocycles. The van der Waals surface area contributed by atoms with Gasteiger partial charge in [0, 0.05) is 47.3 Å². The molecule has 3 aromatic carbocycles. The topological polar surface area (TPSA) is 85.6 Å². The molecule has 2 N–H and O–H groups in total. The molecule has 0 aliphatic heterocycles. The summed E-state index contributed by atoms with van der Waals surface area (Å²) in [6.45, 7) is 1.93. The molecule has 0 saturated heterocycles. The minimum absolute atomic E-state index is 0.0436. The predicted molar refractivity (Wildman–Crippen MR) is 136 cm³/mol. The van der Waals surface area contributed by atoms with E-state index in [0.29, 0.717) is 28.4 Å². The molecule has 4 aromatic rings. The van der Waals surface area contributed by atoms with Crippen LogP contribution in [0.1, 0.15) is 27.5 Å². The van der Waals surface area contributed by atoms with E-state index in [4.69, 9.17) is 9.47 Å². The Morgan fingerprint density at radius 2 is 1.70 bits per heavy atom. The summed E-state index contributed by atoms with van der Waals surface area (Å²) in [5.74, 6) is -1.20. The van der Waals surface area contributed by atoms with Crippen LogP contribution in [0.5, 0.6) is 11.5 Å². The van der Waals surface area contributed by atoms with Crippen LogP contribution in [0.15, 0.2) is 66.9 Å². The van der Waals surface area contributed by atoms with E-state index in [2.05, 4.69) is 10.4 Å². The first-order valence-corrected chi connectivity index (χ1v) is 11.6. The second kappa shape index (κ2) is 11.2. The lowest BCUT2D eigenvalue weighted by molar-refractivity contribution is 0.0968. The first-order valence-electron chi connectivity index (χ1n) is 11.6. The maximum Gasteiger partial charge on any atom is 0.193 e. The number of carbonyl (C=O) groups is 1. The number of rotatable bonds is 10. The number of aliphatic hydroxyl groups is 1. The summed E-state index contributed by atoms with van der Waals surface area (Å²) in [6, 6.07) is 14.2. The van der Waals surface area contributed by atoms with Crippen molar-refractivity contribution in [3.05, 3.63) is 95.2 Å². The summed E-state index contributed by atoms with van der Waals surface area (Å²) in [5, 5.41) is 17.0. The molecule has 37 heavy (non-hydrogen) atoms. The van der Waals surface area contributed by atoms with Gasteiger partial charge < -0.3 is 19.9 Å².